The maximum absolute atomic E-state index is 9.44. The van der Waals surface area contributed by atoms with Gasteiger partial charge in [0.15, 0.2) is 0 Å². The van der Waals surface area contributed by atoms with Crippen molar-refractivity contribution in [3.05, 3.63) is 18.2 Å². The van der Waals surface area contributed by atoms with Gasteiger partial charge in [-0.25, -0.2) is 4.98 Å². The highest BCUT2D eigenvalue weighted by molar-refractivity contribution is 7.94. The van der Waals surface area contributed by atoms with Crippen LogP contribution in [-0.2, 0) is 37.9 Å². The van der Waals surface area contributed by atoms with Crippen LogP contribution in [0.4, 0.5) is 0 Å². The lowest BCUT2D eigenvalue weighted by Crippen LogP contribution is -2.10. The lowest BCUT2D eigenvalue weighted by Gasteiger charge is -1.93. The topological polar surface area (TPSA) is 136 Å². The molecule has 1 rings (SSSR count). The molecule has 0 unspecified atom stereocenters. The molecule has 0 fully saturated rings. The molecule has 100 valence electrons. The van der Waals surface area contributed by atoms with Gasteiger partial charge in [0.25, 0.3) is 0 Å². The maximum Gasteiger partial charge on any atom is 0.413 e. The summed E-state index contributed by atoms with van der Waals surface area (Å²) in [5.41, 5.74) is 1.28. The van der Waals surface area contributed by atoms with E-state index in [1.54, 1.807) is 0 Å². The van der Waals surface area contributed by atoms with Crippen molar-refractivity contribution in [2.45, 2.75) is 13.3 Å². The van der Waals surface area contributed by atoms with Crippen molar-refractivity contribution in [1.82, 2.24) is 9.55 Å². The number of imidazole rings is 1. The highest BCUT2D eigenvalue weighted by Gasteiger charge is 2.15. The summed E-state index contributed by atoms with van der Waals surface area (Å²) in [6.07, 6.45) is 4.77. The minimum atomic E-state index is -5.12. The molecule has 0 aliphatic heterocycles. The number of hydrogen-bond acceptors (Lipinski definition) is 6. The number of aromatic nitrogens is 2. The van der Waals surface area contributed by atoms with E-state index in [-0.39, 0.29) is 0 Å². The van der Waals surface area contributed by atoms with Crippen LogP contribution in [0.15, 0.2) is 12.5 Å². The molecule has 0 aliphatic rings. The van der Waals surface area contributed by atoms with Gasteiger partial charge in [0, 0.05) is 18.9 Å². The summed E-state index contributed by atoms with van der Waals surface area (Å²) < 4.78 is 57.6. The fourth-order valence-electron chi connectivity index (χ4n) is 0.834. The van der Waals surface area contributed by atoms with Crippen LogP contribution >= 0.6 is 0 Å². The molecule has 0 aliphatic carbocycles. The van der Waals surface area contributed by atoms with Crippen molar-refractivity contribution in [3.8, 4) is 0 Å². The van der Waals surface area contributed by atoms with E-state index in [9.17, 15) is 16.8 Å². The Hall–Kier alpha value is -1.01. The zero-order chi connectivity index (χ0) is 13.7. The first-order valence-electron chi connectivity index (χ1n) is 4.16. The molecule has 9 nitrogen and oxygen atoms in total. The second kappa shape index (κ2) is 6.07. The molecule has 1 heterocycles. The fraction of sp³-hybridized carbons (Fsp3) is 0.500. The van der Waals surface area contributed by atoms with Gasteiger partial charge >= 0.3 is 20.8 Å². The molecular formula is C6H12N2O7S2. The predicted octanol–water partition coefficient (Wildman–Crippen LogP) is -0.409. The van der Waals surface area contributed by atoms with Crippen LogP contribution in [0.2, 0.25) is 0 Å². The maximum atomic E-state index is 9.44. The van der Waals surface area contributed by atoms with Crippen molar-refractivity contribution in [1.29, 1.82) is 0 Å². The Kier molecular flexibility index (Phi) is 5.71. The minimum Gasteiger partial charge on any atom is -0.338 e. The first-order valence-corrected chi connectivity index (χ1v) is 6.89. The second-order valence-corrected chi connectivity index (χ2v) is 5.03. The van der Waals surface area contributed by atoms with Crippen molar-refractivity contribution in [2.75, 3.05) is 0 Å². The molecule has 11 heteroatoms. The zero-order valence-electron chi connectivity index (χ0n) is 9.01. The van der Waals surface area contributed by atoms with Crippen LogP contribution in [0.25, 0.3) is 0 Å². The van der Waals surface area contributed by atoms with Gasteiger partial charge in [-0.05, 0) is 6.42 Å². The number of rotatable bonds is 3. The Morgan fingerprint density at radius 2 is 1.76 bits per heavy atom. The van der Waals surface area contributed by atoms with Crippen molar-refractivity contribution in [3.63, 3.8) is 0 Å². The van der Waals surface area contributed by atoms with Gasteiger partial charge in [0.2, 0.25) is 0 Å². The molecule has 0 saturated heterocycles. The molecule has 0 bridgehead atoms. The third-order valence-electron chi connectivity index (χ3n) is 1.45. The van der Waals surface area contributed by atoms with Gasteiger partial charge in [-0.1, -0.05) is 6.92 Å². The normalized spacial score (nSPS) is 11.8. The Labute approximate surface area is 99.0 Å². The predicted molar refractivity (Wildman–Crippen MR) is 56.8 cm³/mol. The molecule has 0 radical (unpaired) electrons. The third-order valence-corrected chi connectivity index (χ3v) is 2.83. The fourth-order valence-corrected chi connectivity index (χ4v) is 1.70. The van der Waals surface area contributed by atoms with E-state index in [1.807, 2.05) is 24.1 Å². The van der Waals surface area contributed by atoms with Gasteiger partial charge < -0.3 is 4.57 Å². The molecule has 0 amide bonds. The van der Waals surface area contributed by atoms with Crippen molar-refractivity contribution in [2.24, 2.45) is 7.05 Å². The second-order valence-electron chi connectivity index (χ2n) is 2.77. The Morgan fingerprint density at radius 1 is 1.29 bits per heavy atom. The first-order chi connectivity index (χ1) is 7.55. The van der Waals surface area contributed by atoms with Crippen molar-refractivity contribution >= 4 is 20.8 Å². The molecule has 0 saturated carbocycles. The SMILES string of the molecule is CCc1cncn1C.O=S(=O)(O)OS(=O)(=O)O. The van der Waals surface area contributed by atoms with E-state index in [4.69, 9.17) is 9.11 Å². The van der Waals surface area contributed by atoms with Crippen LogP contribution in [0.1, 0.15) is 12.6 Å². The zero-order valence-corrected chi connectivity index (χ0v) is 10.6. The molecule has 2 N–H and O–H groups in total. The van der Waals surface area contributed by atoms with E-state index in [0.29, 0.717) is 0 Å². The average Bonchev–Trinajstić information content (AvgIpc) is 2.44. The molecule has 0 atom stereocenters. The molecular weight excluding hydrogens is 276 g/mol. The molecule has 17 heavy (non-hydrogen) atoms. The number of nitrogens with zero attached hydrogens (tertiary/aromatic N) is 2. The van der Waals surface area contributed by atoms with Crippen molar-refractivity contribution < 1.29 is 29.6 Å². The summed E-state index contributed by atoms with van der Waals surface area (Å²) in [4.78, 5) is 3.96. The number of hydrogen-bond donors (Lipinski definition) is 2. The monoisotopic (exact) mass is 288 g/mol. The smallest absolute Gasteiger partial charge is 0.338 e. The van der Waals surface area contributed by atoms with Gasteiger partial charge in [-0.2, -0.15) is 16.8 Å². The highest BCUT2D eigenvalue weighted by Crippen LogP contribution is 1.94. The summed E-state index contributed by atoms with van der Waals surface area (Å²) in [5.74, 6) is 0. The Morgan fingerprint density at radius 3 is 1.88 bits per heavy atom. The van der Waals surface area contributed by atoms with Crippen LogP contribution < -0.4 is 0 Å². The standard InChI is InChI=1S/C6H10N2.H2O7S2/c1-3-6-4-7-5-8(6)2;1-8(2,3)7-9(4,5)6/h4-5H,3H2,1-2H3;(H,1,2,3)(H,4,5,6). The van der Waals surface area contributed by atoms with E-state index in [1.165, 1.54) is 5.69 Å². The van der Waals surface area contributed by atoms with E-state index >= 15 is 0 Å². The summed E-state index contributed by atoms with van der Waals surface area (Å²) in [7, 11) is -8.23. The average molecular weight is 288 g/mol. The summed E-state index contributed by atoms with van der Waals surface area (Å²) in [6.45, 7) is 2.12. The first kappa shape index (κ1) is 16.0. The van der Waals surface area contributed by atoms with Crippen LogP contribution in [0.5, 0.6) is 0 Å². The van der Waals surface area contributed by atoms with E-state index in [0.717, 1.165) is 6.42 Å². The molecule has 0 spiro atoms. The molecule has 1 aromatic heterocycles. The Balaban J connectivity index is 0.000000302. The minimum absolute atomic E-state index is 1.07. The molecule has 0 aromatic carbocycles. The lowest BCUT2D eigenvalue weighted by molar-refractivity contribution is 0.344. The molecule has 1 aromatic rings. The third kappa shape index (κ3) is 8.76. The number of aryl methyl sites for hydroxylation is 2. The van der Waals surface area contributed by atoms with Crippen LogP contribution in [0.3, 0.4) is 0 Å². The van der Waals surface area contributed by atoms with Crippen LogP contribution in [0, 0.1) is 0 Å². The lowest BCUT2D eigenvalue weighted by atomic mass is 10.4. The van der Waals surface area contributed by atoms with Gasteiger partial charge in [0.1, 0.15) is 0 Å². The highest BCUT2D eigenvalue weighted by atomic mass is 32.3. The quantitative estimate of drug-likeness (QED) is 0.716. The van der Waals surface area contributed by atoms with Gasteiger partial charge in [-0.15, -0.1) is 3.63 Å². The van der Waals surface area contributed by atoms with Gasteiger partial charge in [0.05, 0.1) is 6.33 Å². The van der Waals surface area contributed by atoms with Crippen LogP contribution in [-0.4, -0.2) is 35.5 Å². The Bertz CT molecular complexity index is 515. The van der Waals surface area contributed by atoms with E-state index in [2.05, 4.69) is 15.5 Å². The summed E-state index contributed by atoms with van der Waals surface area (Å²) in [6, 6.07) is 0. The van der Waals surface area contributed by atoms with E-state index < -0.39 is 20.8 Å². The summed E-state index contributed by atoms with van der Waals surface area (Å²) in [5, 5.41) is 0. The van der Waals surface area contributed by atoms with Gasteiger partial charge in [-0.3, -0.25) is 9.11 Å². The summed E-state index contributed by atoms with van der Waals surface area (Å²) >= 11 is 0. The largest absolute Gasteiger partial charge is 0.413 e.